The predicted octanol–water partition coefficient (Wildman–Crippen LogP) is 10.7. The zero-order valence-corrected chi connectivity index (χ0v) is 26.9. The Bertz CT molecular complexity index is 2770. The Kier molecular flexibility index (Phi) is 6.06. The number of hydrogen-bond acceptors (Lipinski definition) is 3. The SMILES string of the molecule is CC(C)(C)c1ccc2c(C#N)nc(-n3c4ccccc4c4cc(-c5ccc6c7ccccc7n(-c7ccccc7)c6c5)ccc43)nc2c1. The number of nitriles is 1. The molecule has 0 saturated carbocycles. The van der Waals surface area contributed by atoms with Crippen molar-refractivity contribution >= 4 is 54.5 Å². The Hall–Kier alpha value is -6.25. The Morgan fingerprint density at radius 2 is 1.12 bits per heavy atom. The molecule has 5 nitrogen and oxygen atoms in total. The third-order valence-electron chi connectivity index (χ3n) is 9.55. The van der Waals surface area contributed by atoms with Crippen LogP contribution in [0, 0.1) is 11.3 Å². The highest BCUT2D eigenvalue weighted by Crippen LogP contribution is 2.38. The fourth-order valence-corrected chi connectivity index (χ4v) is 7.14. The van der Waals surface area contributed by atoms with E-state index in [0.29, 0.717) is 11.6 Å². The minimum Gasteiger partial charge on any atom is -0.309 e. The zero-order valence-electron chi connectivity index (χ0n) is 26.9. The van der Waals surface area contributed by atoms with Crippen molar-refractivity contribution in [2.75, 3.05) is 0 Å². The molecule has 9 rings (SSSR count). The average molecular weight is 618 g/mol. The van der Waals surface area contributed by atoms with Gasteiger partial charge in [-0.05, 0) is 76.7 Å². The molecule has 0 unspecified atom stereocenters. The first-order valence-electron chi connectivity index (χ1n) is 16.2. The van der Waals surface area contributed by atoms with Gasteiger partial charge < -0.3 is 4.57 Å². The van der Waals surface area contributed by atoms with E-state index in [1.165, 1.54) is 27.4 Å². The van der Waals surface area contributed by atoms with E-state index in [1.807, 2.05) is 12.1 Å². The molecule has 0 aliphatic rings. The number of nitrogens with zero attached hydrogens (tertiary/aromatic N) is 5. The summed E-state index contributed by atoms with van der Waals surface area (Å²) in [5, 5.41) is 15.6. The second kappa shape index (κ2) is 10.4. The van der Waals surface area contributed by atoms with E-state index in [9.17, 15) is 5.26 Å². The lowest BCUT2D eigenvalue weighted by Crippen LogP contribution is -2.11. The van der Waals surface area contributed by atoms with Crippen LogP contribution in [-0.4, -0.2) is 19.1 Å². The normalized spacial score (nSPS) is 12.0. The van der Waals surface area contributed by atoms with Gasteiger partial charge in [-0.1, -0.05) is 99.6 Å². The molecule has 228 valence electrons. The second-order valence-electron chi connectivity index (χ2n) is 13.5. The lowest BCUT2D eigenvalue weighted by Gasteiger charge is -2.19. The third-order valence-corrected chi connectivity index (χ3v) is 9.55. The second-order valence-corrected chi connectivity index (χ2v) is 13.5. The van der Waals surface area contributed by atoms with E-state index in [0.717, 1.165) is 49.5 Å². The van der Waals surface area contributed by atoms with Gasteiger partial charge in [0.15, 0.2) is 5.69 Å². The largest absolute Gasteiger partial charge is 0.309 e. The molecule has 0 amide bonds. The van der Waals surface area contributed by atoms with Gasteiger partial charge in [-0.3, -0.25) is 4.57 Å². The highest BCUT2D eigenvalue weighted by atomic mass is 15.2. The fourth-order valence-electron chi connectivity index (χ4n) is 7.14. The summed E-state index contributed by atoms with van der Waals surface area (Å²) in [6.45, 7) is 6.56. The van der Waals surface area contributed by atoms with Crippen molar-refractivity contribution in [3.05, 3.63) is 145 Å². The van der Waals surface area contributed by atoms with E-state index in [-0.39, 0.29) is 5.41 Å². The predicted molar refractivity (Wildman–Crippen MR) is 197 cm³/mol. The molecule has 6 aromatic carbocycles. The summed E-state index contributed by atoms with van der Waals surface area (Å²) >= 11 is 0. The van der Waals surface area contributed by atoms with Gasteiger partial charge in [0.05, 0.1) is 27.6 Å². The Morgan fingerprint density at radius 3 is 1.88 bits per heavy atom. The Labute approximate surface area is 278 Å². The van der Waals surface area contributed by atoms with E-state index in [4.69, 9.17) is 9.97 Å². The molecule has 0 spiro atoms. The maximum Gasteiger partial charge on any atom is 0.236 e. The van der Waals surface area contributed by atoms with Crippen LogP contribution >= 0.6 is 0 Å². The van der Waals surface area contributed by atoms with Gasteiger partial charge in [0.2, 0.25) is 5.95 Å². The van der Waals surface area contributed by atoms with Gasteiger partial charge in [-0.15, -0.1) is 0 Å². The van der Waals surface area contributed by atoms with Crippen molar-refractivity contribution < 1.29 is 0 Å². The maximum absolute atomic E-state index is 10.1. The van der Waals surface area contributed by atoms with Crippen LogP contribution in [0.5, 0.6) is 0 Å². The van der Waals surface area contributed by atoms with Crippen LogP contribution in [0.3, 0.4) is 0 Å². The monoisotopic (exact) mass is 617 g/mol. The lowest BCUT2D eigenvalue weighted by atomic mass is 9.86. The van der Waals surface area contributed by atoms with Crippen LogP contribution in [0.15, 0.2) is 133 Å². The van der Waals surface area contributed by atoms with E-state index >= 15 is 0 Å². The molecule has 0 fully saturated rings. The van der Waals surface area contributed by atoms with Gasteiger partial charge in [0.25, 0.3) is 0 Å². The molecule has 0 saturated heterocycles. The van der Waals surface area contributed by atoms with E-state index in [2.05, 4.69) is 157 Å². The highest BCUT2D eigenvalue weighted by Gasteiger charge is 2.20. The first kappa shape index (κ1) is 28.0. The van der Waals surface area contributed by atoms with Crippen LogP contribution in [-0.2, 0) is 5.41 Å². The van der Waals surface area contributed by atoms with Crippen molar-refractivity contribution in [2.24, 2.45) is 0 Å². The van der Waals surface area contributed by atoms with Crippen molar-refractivity contribution in [3.8, 4) is 28.8 Å². The topological polar surface area (TPSA) is 59.4 Å². The zero-order chi connectivity index (χ0) is 32.6. The van der Waals surface area contributed by atoms with Gasteiger partial charge in [0, 0.05) is 32.6 Å². The number of hydrogen-bond donors (Lipinski definition) is 0. The molecule has 0 bridgehead atoms. The minimum absolute atomic E-state index is 0.0478. The maximum atomic E-state index is 10.1. The number of fused-ring (bicyclic) bond motifs is 7. The molecule has 0 aliphatic carbocycles. The quantitative estimate of drug-likeness (QED) is 0.198. The molecular formula is C43H31N5. The molecule has 0 radical (unpaired) electrons. The summed E-state index contributed by atoms with van der Waals surface area (Å²) in [5.41, 5.74) is 10.0. The van der Waals surface area contributed by atoms with Crippen LogP contribution in [0.25, 0.3) is 77.3 Å². The first-order valence-corrected chi connectivity index (χ1v) is 16.2. The molecule has 5 heteroatoms. The molecule has 48 heavy (non-hydrogen) atoms. The van der Waals surface area contributed by atoms with Gasteiger partial charge in [-0.2, -0.15) is 5.26 Å². The van der Waals surface area contributed by atoms with E-state index < -0.39 is 0 Å². The van der Waals surface area contributed by atoms with Gasteiger partial charge in [0.1, 0.15) is 6.07 Å². The van der Waals surface area contributed by atoms with Crippen molar-refractivity contribution in [1.29, 1.82) is 5.26 Å². The summed E-state index contributed by atoms with van der Waals surface area (Å²) in [6.07, 6.45) is 0. The fraction of sp³-hybridized carbons (Fsp3) is 0.0930. The first-order chi connectivity index (χ1) is 23.4. The minimum atomic E-state index is -0.0478. The average Bonchev–Trinajstić information content (AvgIpc) is 3.63. The number of para-hydroxylation sites is 3. The van der Waals surface area contributed by atoms with E-state index in [1.54, 1.807) is 0 Å². The third kappa shape index (κ3) is 4.23. The summed E-state index contributed by atoms with van der Waals surface area (Å²) in [6, 6.07) is 49.4. The molecule has 0 atom stereocenters. The summed E-state index contributed by atoms with van der Waals surface area (Å²) in [4.78, 5) is 9.89. The highest BCUT2D eigenvalue weighted by molar-refractivity contribution is 6.12. The Morgan fingerprint density at radius 1 is 0.521 bits per heavy atom. The van der Waals surface area contributed by atoms with Crippen molar-refractivity contribution in [3.63, 3.8) is 0 Å². The number of rotatable bonds is 3. The van der Waals surface area contributed by atoms with Crippen LogP contribution < -0.4 is 0 Å². The molecule has 0 N–H and O–H groups in total. The summed E-state index contributed by atoms with van der Waals surface area (Å²) < 4.78 is 4.45. The van der Waals surface area contributed by atoms with Crippen molar-refractivity contribution in [1.82, 2.24) is 19.1 Å². The standard InChI is InChI=1S/C43H31N5/c1-43(2,3)29-19-21-34-36(25-29)45-42(46-37(34)26-44)48-39-16-10-8-14-32(39)35-23-27(18-22-40(35)48)28-17-20-33-31-13-7-9-15-38(31)47(41(33)24-28)30-11-5-4-6-12-30/h4-25H,1-3H3. The van der Waals surface area contributed by atoms with Gasteiger partial charge in [-0.25, -0.2) is 9.97 Å². The Balaban J connectivity index is 1.26. The van der Waals surface area contributed by atoms with Crippen molar-refractivity contribution in [2.45, 2.75) is 26.2 Å². The molecule has 3 heterocycles. The van der Waals surface area contributed by atoms with Crippen LogP contribution in [0.4, 0.5) is 0 Å². The molecule has 9 aromatic rings. The van der Waals surface area contributed by atoms with Gasteiger partial charge >= 0.3 is 0 Å². The molecular weight excluding hydrogens is 587 g/mol. The number of benzene rings is 6. The summed E-state index contributed by atoms with van der Waals surface area (Å²) in [7, 11) is 0. The summed E-state index contributed by atoms with van der Waals surface area (Å²) in [5.74, 6) is 0.498. The smallest absolute Gasteiger partial charge is 0.236 e. The number of aromatic nitrogens is 4. The van der Waals surface area contributed by atoms with Crippen LogP contribution in [0.1, 0.15) is 32.0 Å². The van der Waals surface area contributed by atoms with Crippen LogP contribution in [0.2, 0.25) is 0 Å². The lowest BCUT2D eigenvalue weighted by molar-refractivity contribution is 0.591. The molecule has 0 aliphatic heterocycles. The molecule has 3 aromatic heterocycles.